The highest BCUT2D eigenvalue weighted by Gasteiger charge is 2.35. The van der Waals surface area contributed by atoms with Gasteiger partial charge in [-0.05, 0) is 78.7 Å². The number of rotatable bonds is 7. The lowest BCUT2D eigenvalue weighted by molar-refractivity contribution is -0.123. The lowest BCUT2D eigenvalue weighted by atomic mass is 10.1. The maximum absolute atomic E-state index is 12.9. The third-order valence-electron chi connectivity index (χ3n) is 5.29. The van der Waals surface area contributed by atoms with Crippen LogP contribution in [0.25, 0.3) is 6.08 Å². The van der Waals surface area contributed by atoms with E-state index in [-0.39, 0.29) is 23.4 Å². The van der Waals surface area contributed by atoms with Crippen LogP contribution < -0.4 is 9.47 Å². The van der Waals surface area contributed by atoms with E-state index in [1.807, 2.05) is 38.1 Å². The van der Waals surface area contributed by atoms with Gasteiger partial charge in [0.1, 0.15) is 0 Å². The van der Waals surface area contributed by atoms with Crippen molar-refractivity contribution in [2.75, 3.05) is 6.61 Å². The number of hydrogen-bond donors (Lipinski definition) is 0. The van der Waals surface area contributed by atoms with E-state index in [9.17, 15) is 14.4 Å². The molecule has 35 heavy (non-hydrogen) atoms. The van der Waals surface area contributed by atoms with Crippen LogP contribution >= 0.6 is 23.4 Å². The number of benzene rings is 3. The average Bonchev–Trinajstić information content (AvgIpc) is 3.09. The van der Waals surface area contributed by atoms with Gasteiger partial charge in [0.2, 0.25) is 0 Å². The van der Waals surface area contributed by atoms with E-state index in [2.05, 4.69) is 0 Å². The molecule has 1 aliphatic heterocycles. The molecule has 0 spiro atoms. The van der Waals surface area contributed by atoms with Crippen molar-refractivity contribution >= 4 is 46.6 Å². The van der Waals surface area contributed by atoms with Crippen molar-refractivity contribution in [1.29, 1.82) is 0 Å². The summed E-state index contributed by atoms with van der Waals surface area (Å²) < 4.78 is 11.2. The van der Waals surface area contributed by atoms with Gasteiger partial charge in [-0.2, -0.15) is 0 Å². The summed E-state index contributed by atoms with van der Waals surface area (Å²) in [5.74, 6) is -0.339. The van der Waals surface area contributed by atoms with E-state index in [0.717, 1.165) is 22.9 Å². The number of carbonyl (C=O) groups is 3. The molecule has 0 N–H and O–H groups in total. The Morgan fingerprint density at radius 3 is 2.57 bits per heavy atom. The monoisotopic (exact) mass is 507 g/mol. The zero-order chi connectivity index (χ0) is 24.9. The normalized spacial score (nSPS) is 14.5. The van der Waals surface area contributed by atoms with Crippen LogP contribution in [-0.2, 0) is 11.3 Å². The molecule has 0 radical (unpaired) electrons. The Morgan fingerprint density at radius 2 is 1.83 bits per heavy atom. The quantitative estimate of drug-likeness (QED) is 0.206. The lowest BCUT2D eigenvalue weighted by Gasteiger charge is -2.14. The van der Waals surface area contributed by atoms with E-state index in [1.165, 1.54) is 11.0 Å². The second-order valence-electron chi connectivity index (χ2n) is 7.73. The van der Waals surface area contributed by atoms with Gasteiger partial charge in [0.25, 0.3) is 11.1 Å². The summed E-state index contributed by atoms with van der Waals surface area (Å²) in [4.78, 5) is 39.6. The van der Waals surface area contributed by atoms with Crippen LogP contribution in [0.4, 0.5) is 4.79 Å². The summed E-state index contributed by atoms with van der Waals surface area (Å²) in [6.07, 6.45) is 1.63. The molecule has 0 aliphatic carbocycles. The Balaban J connectivity index is 1.55. The Morgan fingerprint density at radius 1 is 1.03 bits per heavy atom. The molecule has 0 saturated carbocycles. The zero-order valence-electron chi connectivity index (χ0n) is 19.1. The topological polar surface area (TPSA) is 72.9 Å². The van der Waals surface area contributed by atoms with Crippen LogP contribution in [0.1, 0.15) is 34.0 Å². The molecule has 2 amide bonds. The molecule has 0 unspecified atom stereocenters. The smallest absolute Gasteiger partial charge is 0.343 e. The summed E-state index contributed by atoms with van der Waals surface area (Å²) >= 11 is 6.86. The van der Waals surface area contributed by atoms with E-state index < -0.39 is 5.97 Å². The predicted molar refractivity (Wildman–Crippen MR) is 137 cm³/mol. The average molecular weight is 508 g/mol. The summed E-state index contributed by atoms with van der Waals surface area (Å²) in [7, 11) is 0. The first kappa shape index (κ1) is 24.6. The molecule has 6 nitrogen and oxygen atoms in total. The second kappa shape index (κ2) is 10.8. The number of carbonyl (C=O) groups excluding carboxylic acids is 3. The van der Waals surface area contributed by atoms with Crippen LogP contribution in [0.3, 0.4) is 0 Å². The fourth-order valence-corrected chi connectivity index (χ4v) is 4.52. The first-order valence-corrected chi connectivity index (χ1v) is 12.1. The van der Waals surface area contributed by atoms with Crippen LogP contribution in [-0.4, -0.2) is 28.6 Å². The number of nitrogens with zero attached hydrogens (tertiary/aromatic N) is 1. The SMILES string of the molecule is CCOc1cc(/C=C2\SC(=O)N(Cc3ccccc3C)C2=O)ccc1OC(=O)c1cccc(Cl)c1. The van der Waals surface area contributed by atoms with Crippen molar-refractivity contribution in [3.63, 3.8) is 0 Å². The van der Waals surface area contributed by atoms with Gasteiger partial charge in [-0.15, -0.1) is 0 Å². The van der Waals surface area contributed by atoms with Crippen molar-refractivity contribution in [3.05, 3.63) is 98.9 Å². The number of aryl methyl sites for hydroxylation is 1. The van der Waals surface area contributed by atoms with Crippen molar-refractivity contribution < 1.29 is 23.9 Å². The Bertz CT molecular complexity index is 1340. The molecule has 0 aromatic heterocycles. The molecule has 1 aliphatic rings. The maximum atomic E-state index is 12.9. The molecule has 1 fully saturated rings. The van der Waals surface area contributed by atoms with Crippen molar-refractivity contribution in [1.82, 2.24) is 4.90 Å². The molecule has 0 bridgehead atoms. The van der Waals surface area contributed by atoms with Gasteiger partial charge in [0, 0.05) is 5.02 Å². The fourth-order valence-electron chi connectivity index (χ4n) is 3.49. The third-order valence-corrected chi connectivity index (χ3v) is 6.43. The van der Waals surface area contributed by atoms with Gasteiger partial charge >= 0.3 is 5.97 Å². The molecule has 1 heterocycles. The summed E-state index contributed by atoms with van der Waals surface area (Å²) in [5, 5.41) is 0.109. The lowest BCUT2D eigenvalue weighted by Crippen LogP contribution is -2.27. The number of esters is 1. The highest BCUT2D eigenvalue weighted by Crippen LogP contribution is 2.36. The minimum absolute atomic E-state index is 0.220. The number of amides is 2. The van der Waals surface area contributed by atoms with Crippen LogP contribution in [0.2, 0.25) is 5.02 Å². The Kier molecular flexibility index (Phi) is 7.58. The minimum Gasteiger partial charge on any atom is -0.490 e. The number of hydrogen-bond acceptors (Lipinski definition) is 6. The fraction of sp³-hybridized carbons (Fsp3) is 0.148. The number of imide groups is 1. The Labute approximate surface area is 212 Å². The first-order chi connectivity index (χ1) is 16.9. The largest absolute Gasteiger partial charge is 0.490 e. The van der Waals surface area contributed by atoms with Gasteiger partial charge in [0.15, 0.2) is 11.5 Å². The van der Waals surface area contributed by atoms with Crippen LogP contribution in [0.5, 0.6) is 11.5 Å². The van der Waals surface area contributed by atoms with E-state index in [0.29, 0.717) is 33.4 Å². The highest BCUT2D eigenvalue weighted by atomic mass is 35.5. The molecule has 3 aromatic rings. The standard InChI is InChI=1S/C27H22ClNO5S/c1-3-33-23-13-18(11-12-22(23)34-26(31)19-9-6-10-21(28)15-19)14-24-25(30)29(27(32)35-24)16-20-8-5-4-7-17(20)2/h4-15H,3,16H2,1-2H3/b24-14-. The van der Waals surface area contributed by atoms with Gasteiger partial charge in [-0.1, -0.05) is 48.0 Å². The molecule has 4 rings (SSSR count). The van der Waals surface area contributed by atoms with Crippen molar-refractivity contribution in [2.24, 2.45) is 0 Å². The van der Waals surface area contributed by atoms with Gasteiger partial charge < -0.3 is 9.47 Å². The summed E-state index contributed by atoms with van der Waals surface area (Å²) in [6.45, 7) is 4.32. The number of halogens is 1. The summed E-state index contributed by atoms with van der Waals surface area (Å²) in [5.41, 5.74) is 2.88. The van der Waals surface area contributed by atoms with Crippen LogP contribution in [0, 0.1) is 6.92 Å². The molecular formula is C27H22ClNO5S. The van der Waals surface area contributed by atoms with E-state index >= 15 is 0 Å². The zero-order valence-corrected chi connectivity index (χ0v) is 20.7. The van der Waals surface area contributed by atoms with Crippen LogP contribution in [0.15, 0.2) is 71.6 Å². The molecule has 1 saturated heterocycles. The molecular weight excluding hydrogens is 486 g/mol. The second-order valence-corrected chi connectivity index (χ2v) is 9.16. The first-order valence-electron chi connectivity index (χ1n) is 10.9. The number of ether oxygens (including phenoxy) is 2. The molecule has 3 aromatic carbocycles. The summed E-state index contributed by atoms with van der Waals surface area (Å²) in [6, 6.07) is 19.1. The molecule has 178 valence electrons. The van der Waals surface area contributed by atoms with Crippen molar-refractivity contribution in [2.45, 2.75) is 20.4 Å². The van der Waals surface area contributed by atoms with Gasteiger partial charge in [-0.25, -0.2) is 4.79 Å². The maximum Gasteiger partial charge on any atom is 0.343 e. The Hall–Kier alpha value is -3.55. The van der Waals surface area contributed by atoms with E-state index in [1.54, 1.807) is 42.5 Å². The minimum atomic E-state index is -0.571. The van der Waals surface area contributed by atoms with Gasteiger partial charge in [-0.3, -0.25) is 14.5 Å². The highest BCUT2D eigenvalue weighted by molar-refractivity contribution is 8.18. The van der Waals surface area contributed by atoms with E-state index in [4.69, 9.17) is 21.1 Å². The van der Waals surface area contributed by atoms with Crippen molar-refractivity contribution in [3.8, 4) is 11.5 Å². The third kappa shape index (κ3) is 5.75. The van der Waals surface area contributed by atoms with Gasteiger partial charge in [0.05, 0.1) is 23.6 Å². The molecule has 8 heteroatoms. The number of thioether (sulfide) groups is 1. The molecule has 0 atom stereocenters. The predicted octanol–water partition coefficient (Wildman–Crippen LogP) is 6.50.